The van der Waals surface area contributed by atoms with E-state index in [9.17, 15) is 9.59 Å². The molecule has 1 N–H and O–H groups in total. The van der Waals surface area contributed by atoms with Crippen LogP contribution in [0.3, 0.4) is 0 Å². The average Bonchev–Trinajstić information content (AvgIpc) is 2.36. The minimum atomic E-state index is -1.11. The van der Waals surface area contributed by atoms with Gasteiger partial charge in [-0.05, 0) is 25.2 Å². The molecule has 0 aliphatic heterocycles. The van der Waals surface area contributed by atoms with Crippen molar-refractivity contribution in [3.8, 4) is 5.75 Å². The summed E-state index contributed by atoms with van der Waals surface area (Å²) in [4.78, 5) is 24.5. The zero-order valence-corrected chi connectivity index (χ0v) is 11.8. The number of aromatic carboxylic acids is 1. The van der Waals surface area contributed by atoms with E-state index in [0.29, 0.717) is 0 Å². The van der Waals surface area contributed by atoms with E-state index in [2.05, 4.69) is 0 Å². The molecule has 6 heteroatoms. The Bertz CT molecular complexity index is 432. The van der Waals surface area contributed by atoms with Crippen molar-refractivity contribution in [2.24, 2.45) is 0 Å². The van der Waals surface area contributed by atoms with Crippen molar-refractivity contribution in [1.82, 2.24) is 4.90 Å². The van der Waals surface area contributed by atoms with Crippen molar-refractivity contribution in [1.29, 1.82) is 0 Å². The van der Waals surface area contributed by atoms with E-state index in [4.69, 9.17) is 9.84 Å². The molecule has 5 nitrogen and oxygen atoms in total. The molecule has 0 aliphatic rings. The highest BCUT2D eigenvalue weighted by atomic mass is 35.5. The van der Waals surface area contributed by atoms with Crippen molar-refractivity contribution < 1.29 is 19.4 Å². The number of rotatable bonds is 6. The minimum absolute atomic E-state index is 0. The maximum atomic E-state index is 11.7. The third kappa shape index (κ3) is 5.28. The summed E-state index contributed by atoms with van der Waals surface area (Å²) in [5.41, 5.74) is -0.00889. The summed E-state index contributed by atoms with van der Waals surface area (Å²) in [5, 5.41) is 8.95. The number of hydrogen-bond donors (Lipinski definition) is 1. The molecule has 0 aromatic heterocycles. The number of benzene rings is 1. The number of ether oxygens (including phenoxy) is 1. The Morgan fingerprint density at radius 2 is 1.79 bits per heavy atom. The Morgan fingerprint density at radius 3 is 2.32 bits per heavy atom. The van der Waals surface area contributed by atoms with Crippen LogP contribution in [0.4, 0.5) is 0 Å². The molecule has 1 aromatic rings. The number of carboxylic acids is 1. The van der Waals surface area contributed by atoms with Crippen LogP contribution in [0.5, 0.6) is 5.75 Å². The van der Waals surface area contributed by atoms with Gasteiger partial charge >= 0.3 is 11.9 Å². The molecule has 0 atom stereocenters. The molecule has 0 aliphatic carbocycles. The van der Waals surface area contributed by atoms with E-state index >= 15 is 0 Å². The van der Waals surface area contributed by atoms with Gasteiger partial charge < -0.3 is 9.84 Å². The number of carbonyl (C=O) groups is 2. The molecular formula is C13H18ClNO4. The molecule has 0 saturated heterocycles. The third-order valence-corrected chi connectivity index (χ3v) is 2.59. The van der Waals surface area contributed by atoms with Crippen LogP contribution < -0.4 is 4.74 Å². The fourth-order valence-corrected chi connectivity index (χ4v) is 1.52. The molecule has 106 valence electrons. The lowest BCUT2D eigenvalue weighted by atomic mass is 10.2. The van der Waals surface area contributed by atoms with Gasteiger partial charge in [0.05, 0.1) is 6.54 Å². The minimum Gasteiger partial charge on any atom is -0.478 e. The van der Waals surface area contributed by atoms with Crippen molar-refractivity contribution in [2.45, 2.75) is 13.8 Å². The van der Waals surface area contributed by atoms with E-state index in [1.54, 1.807) is 12.1 Å². The van der Waals surface area contributed by atoms with E-state index < -0.39 is 11.9 Å². The second-order valence-electron chi connectivity index (χ2n) is 3.74. The van der Waals surface area contributed by atoms with Gasteiger partial charge in [-0.3, -0.25) is 9.69 Å². The van der Waals surface area contributed by atoms with Crippen molar-refractivity contribution in [2.75, 3.05) is 19.6 Å². The molecule has 19 heavy (non-hydrogen) atoms. The van der Waals surface area contributed by atoms with Crippen molar-refractivity contribution in [3.05, 3.63) is 29.8 Å². The normalized spacial score (nSPS) is 9.84. The largest absolute Gasteiger partial charge is 0.478 e. The highest BCUT2D eigenvalue weighted by Gasteiger charge is 2.15. The van der Waals surface area contributed by atoms with Gasteiger partial charge in [0.15, 0.2) is 0 Å². The summed E-state index contributed by atoms with van der Waals surface area (Å²) < 4.78 is 5.08. The number of carbonyl (C=O) groups excluding carboxylic acids is 1. The summed E-state index contributed by atoms with van der Waals surface area (Å²) in [5.74, 6) is -1.48. The van der Waals surface area contributed by atoms with E-state index in [-0.39, 0.29) is 30.3 Å². The Kier molecular flexibility index (Phi) is 7.79. The second kappa shape index (κ2) is 8.50. The lowest BCUT2D eigenvalue weighted by Gasteiger charge is -2.16. The van der Waals surface area contributed by atoms with Gasteiger partial charge in [-0.25, -0.2) is 4.79 Å². The number of esters is 1. The van der Waals surface area contributed by atoms with Gasteiger partial charge in [-0.2, -0.15) is 0 Å². The number of nitrogens with zero attached hydrogens (tertiary/aromatic N) is 1. The maximum absolute atomic E-state index is 11.7. The number of para-hydroxylation sites is 1. The van der Waals surface area contributed by atoms with Gasteiger partial charge in [-0.15, -0.1) is 12.4 Å². The Balaban J connectivity index is 0.00000324. The molecule has 0 fully saturated rings. The number of hydrogen-bond acceptors (Lipinski definition) is 4. The Hall–Kier alpha value is -1.59. The zero-order chi connectivity index (χ0) is 13.5. The lowest BCUT2D eigenvalue weighted by Crippen LogP contribution is -2.32. The SMILES string of the molecule is CCN(CC)CC(=O)Oc1ccccc1C(=O)O.Cl. The van der Waals surface area contributed by atoms with Crippen LogP contribution in [0.1, 0.15) is 24.2 Å². The fraction of sp³-hybridized carbons (Fsp3) is 0.385. The molecule has 0 radical (unpaired) electrons. The van der Waals surface area contributed by atoms with Gasteiger partial charge in [0, 0.05) is 0 Å². The first-order valence-electron chi connectivity index (χ1n) is 5.83. The molecule has 0 bridgehead atoms. The molecule has 0 heterocycles. The van der Waals surface area contributed by atoms with E-state index in [1.807, 2.05) is 18.7 Å². The van der Waals surface area contributed by atoms with Crippen LogP contribution in [0, 0.1) is 0 Å². The van der Waals surface area contributed by atoms with Crippen LogP contribution in [-0.4, -0.2) is 41.6 Å². The maximum Gasteiger partial charge on any atom is 0.339 e. The van der Waals surface area contributed by atoms with E-state index in [1.165, 1.54) is 12.1 Å². The smallest absolute Gasteiger partial charge is 0.339 e. The molecule has 0 spiro atoms. The van der Waals surface area contributed by atoms with Gasteiger partial charge in [0.2, 0.25) is 0 Å². The first-order chi connectivity index (χ1) is 8.58. The standard InChI is InChI=1S/C13H17NO4.ClH/c1-3-14(4-2)9-12(15)18-11-8-6-5-7-10(11)13(16)17;/h5-8H,3-4,9H2,1-2H3,(H,16,17);1H. The first-order valence-corrected chi connectivity index (χ1v) is 5.83. The summed E-state index contributed by atoms with van der Waals surface area (Å²) in [7, 11) is 0. The Morgan fingerprint density at radius 1 is 1.21 bits per heavy atom. The molecule has 0 unspecified atom stereocenters. The molecule has 0 amide bonds. The zero-order valence-electron chi connectivity index (χ0n) is 11.0. The number of halogens is 1. The first kappa shape index (κ1) is 17.4. The number of likely N-dealkylation sites (N-methyl/N-ethyl adjacent to an activating group) is 1. The molecule has 1 rings (SSSR count). The third-order valence-electron chi connectivity index (χ3n) is 2.59. The summed E-state index contributed by atoms with van der Waals surface area (Å²) in [6, 6.07) is 6.10. The van der Waals surface area contributed by atoms with Crippen LogP contribution >= 0.6 is 12.4 Å². The number of carboxylic acid groups (broad SMARTS) is 1. The van der Waals surface area contributed by atoms with Crippen LogP contribution in [0.15, 0.2) is 24.3 Å². The molecular weight excluding hydrogens is 270 g/mol. The van der Waals surface area contributed by atoms with Crippen LogP contribution in [0.2, 0.25) is 0 Å². The van der Waals surface area contributed by atoms with Gasteiger partial charge in [0.1, 0.15) is 11.3 Å². The Labute approximate surface area is 118 Å². The topological polar surface area (TPSA) is 66.8 Å². The predicted octanol–water partition coefficient (Wildman–Crippen LogP) is 2.05. The van der Waals surface area contributed by atoms with Crippen LogP contribution in [-0.2, 0) is 4.79 Å². The van der Waals surface area contributed by atoms with Crippen LogP contribution in [0.25, 0.3) is 0 Å². The molecule has 0 saturated carbocycles. The monoisotopic (exact) mass is 287 g/mol. The highest BCUT2D eigenvalue weighted by Crippen LogP contribution is 2.17. The molecule has 1 aromatic carbocycles. The quantitative estimate of drug-likeness (QED) is 0.641. The highest BCUT2D eigenvalue weighted by molar-refractivity contribution is 5.92. The van der Waals surface area contributed by atoms with E-state index in [0.717, 1.165) is 13.1 Å². The van der Waals surface area contributed by atoms with Crippen molar-refractivity contribution >= 4 is 24.3 Å². The van der Waals surface area contributed by atoms with Gasteiger partial charge in [-0.1, -0.05) is 26.0 Å². The predicted molar refractivity (Wildman–Crippen MR) is 74.1 cm³/mol. The average molecular weight is 288 g/mol. The fourth-order valence-electron chi connectivity index (χ4n) is 1.52. The summed E-state index contributed by atoms with van der Waals surface area (Å²) >= 11 is 0. The summed E-state index contributed by atoms with van der Waals surface area (Å²) in [6.07, 6.45) is 0. The second-order valence-corrected chi connectivity index (χ2v) is 3.74. The summed E-state index contributed by atoms with van der Waals surface area (Å²) in [6.45, 7) is 5.53. The lowest BCUT2D eigenvalue weighted by molar-refractivity contribution is -0.135. The van der Waals surface area contributed by atoms with Gasteiger partial charge in [0.25, 0.3) is 0 Å². The van der Waals surface area contributed by atoms with Crippen molar-refractivity contribution in [3.63, 3.8) is 0 Å².